The molecule has 2 aliphatic rings. The van der Waals surface area contributed by atoms with Crippen LogP contribution in [0.4, 0.5) is 5.69 Å². The van der Waals surface area contributed by atoms with E-state index in [0.717, 1.165) is 17.2 Å². The van der Waals surface area contributed by atoms with Crippen LogP contribution >= 0.6 is 0 Å². The number of piperazine rings is 1. The Labute approximate surface area is 106 Å². The first kappa shape index (κ1) is 11.6. The van der Waals surface area contributed by atoms with Crippen LogP contribution in [0.2, 0.25) is 0 Å². The number of nitrogens with zero attached hydrogens (tertiary/aromatic N) is 1. The van der Waals surface area contributed by atoms with E-state index in [0.29, 0.717) is 26.3 Å². The summed E-state index contributed by atoms with van der Waals surface area (Å²) in [5.41, 5.74) is 12.8. The summed E-state index contributed by atoms with van der Waals surface area (Å²) in [4.78, 5) is 2.14. The summed E-state index contributed by atoms with van der Waals surface area (Å²) in [5, 5.41) is 3.10. The van der Waals surface area contributed by atoms with Crippen molar-refractivity contribution < 1.29 is 9.47 Å². The third kappa shape index (κ3) is 2.10. The number of para-hydroxylation sites is 1. The lowest BCUT2D eigenvalue weighted by atomic mass is 10.2. The maximum atomic E-state index is 5.92. The lowest BCUT2D eigenvalue weighted by Crippen LogP contribution is -2.63. The van der Waals surface area contributed by atoms with Crippen molar-refractivity contribution in [3.05, 3.63) is 18.2 Å². The predicted octanol–water partition coefficient (Wildman–Crippen LogP) is -0.563. The fraction of sp³-hybridized carbons (Fsp3) is 0.500. The molecule has 1 aromatic carbocycles. The zero-order valence-electron chi connectivity index (χ0n) is 10.1. The minimum absolute atomic E-state index is 0.130. The molecular formula is C12H18N4O2. The zero-order valence-corrected chi connectivity index (χ0v) is 10.1. The summed E-state index contributed by atoms with van der Waals surface area (Å²) in [5.74, 6) is 1.59. The number of hydrogen-bond donors (Lipinski definition) is 3. The number of rotatable bonds is 1. The van der Waals surface area contributed by atoms with Gasteiger partial charge < -0.3 is 25.8 Å². The number of fused-ring (bicyclic) bond motifs is 1. The molecule has 5 N–H and O–H groups in total. The number of benzene rings is 1. The fourth-order valence-electron chi connectivity index (χ4n) is 2.43. The van der Waals surface area contributed by atoms with Crippen LogP contribution in [-0.2, 0) is 0 Å². The van der Waals surface area contributed by atoms with E-state index in [-0.39, 0.29) is 12.3 Å². The summed E-state index contributed by atoms with van der Waals surface area (Å²) in [6.07, 6.45) is -0.261. The molecule has 1 fully saturated rings. The highest BCUT2D eigenvalue weighted by atomic mass is 16.6. The Morgan fingerprint density at radius 3 is 2.61 bits per heavy atom. The second kappa shape index (κ2) is 4.64. The number of nitrogens with one attached hydrogen (secondary N) is 1. The largest absolute Gasteiger partial charge is 0.486 e. The van der Waals surface area contributed by atoms with Crippen molar-refractivity contribution in [3.8, 4) is 11.5 Å². The van der Waals surface area contributed by atoms with E-state index < -0.39 is 0 Å². The van der Waals surface area contributed by atoms with Crippen LogP contribution in [0, 0.1) is 0 Å². The highest BCUT2D eigenvalue weighted by Crippen LogP contribution is 2.39. The molecule has 0 aliphatic carbocycles. The van der Waals surface area contributed by atoms with Gasteiger partial charge in [-0.3, -0.25) is 5.32 Å². The topological polar surface area (TPSA) is 85.8 Å². The van der Waals surface area contributed by atoms with Crippen molar-refractivity contribution in [2.75, 3.05) is 31.2 Å². The van der Waals surface area contributed by atoms with E-state index in [1.165, 1.54) is 0 Å². The first-order valence-corrected chi connectivity index (χ1v) is 6.15. The Hall–Kier alpha value is -1.50. The maximum absolute atomic E-state index is 5.92. The van der Waals surface area contributed by atoms with E-state index >= 15 is 0 Å². The highest BCUT2D eigenvalue weighted by molar-refractivity contribution is 5.65. The molecular weight excluding hydrogens is 232 g/mol. The number of ether oxygens (including phenoxy) is 2. The van der Waals surface area contributed by atoms with Crippen molar-refractivity contribution in [3.63, 3.8) is 0 Å². The van der Waals surface area contributed by atoms with Crippen LogP contribution in [0.1, 0.15) is 0 Å². The van der Waals surface area contributed by atoms with E-state index in [1.54, 1.807) is 0 Å². The Kier molecular flexibility index (Phi) is 2.99. The van der Waals surface area contributed by atoms with E-state index in [9.17, 15) is 0 Å². The summed E-state index contributed by atoms with van der Waals surface area (Å²) in [6, 6.07) is 5.89. The van der Waals surface area contributed by atoms with Crippen LogP contribution < -0.4 is 31.2 Å². The van der Waals surface area contributed by atoms with Gasteiger partial charge in [-0.1, -0.05) is 6.07 Å². The first-order chi connectivity index (χ1) is 8.74. The van der Waals surface area contributed by atoms with Gasteiger partial charge in [0.1, 0.15) is 13.2 Å². The highest BCUT2D eigenvalue weighted by Gasteiger charge is 2.26. The van der Waals surface area contributed by atoms with Gasteiger partial charge in [0.05, 0.1) is 18.0 Å². The summed E-state index contributed by atoms with van der Waals surface area (Å²) < 4.78 is 11.3. The fourth-order valence-corrected chi connectivity index (χ4v) is 2.43. The maximum Gasteiger partial charge on any atom is 0.184 e. The average molecular weight is 250 g/mol. The van der Waals surface area contributed by atoms with Gasteiger partial charge in [-0.2, -0.15) is 0 Å². The molecule has 2 atom stereocenters. The molecule has 3 rings (SSSR count). The van der Waals surface area contributed by atoms with Gasteiger partial charge in [-0.15, -0.1) is 0 Å². The molecule has 6 heteroatoms. The number of nitrogens with two attached hydrogens (primary N) is 2. The molecule has 6 nitrogen and oxygen atoms in total. The smallest absolute Gasteiger partial charge is 0.184 e. The van der Waals surface area contributed by atoms with Crippen molar-refractivity contribution in [1.29, 1.82) is 0 Å². The number of hydrogen-bond acceptors (Lipinski definition) is 6. The normalized spacial score (nSPS) is 27.1. The molecule has 0 spiro atoms. The van der Waals surface area contributed by atoms with Gasteiger partial charge >= 0.3 is 0 Å². The van der Waals surface area contributed by atoms with Gasteiger partial charge in [-0.05, 0) is 12.1 Å². The van der Waals surface area contributed by atoms with Crippen molar-refractivity contribution >= 4 is 5.69 Å². The van der Waals surface area contributed by atoms with E-state index in [1.807, 2.05) is 18.2 Å². The van der Waals surface area contributed by atoms with Crippen LogP contribution in [0.3, 0.4) is 0 Å². The molecule has 2 unspecified atom stereocenters. The molecule has 2 heterocycles. The minimum atomic E-state index is -0.130. The molecule has 0 radical (unpaired) electrons. The SMILES string of the molecule is NC1CN(c2cccc3c2OCCO3)CC(N)N1. The quantitative estimate of drug-likeness (QED) is 0.619. The Bertz CT molecular complexity index is 430. The third-order valence-corrected chi connectivity index (χ3v) is 3.15. The van der Waals surface area contributed by atoms with Crippen LogP contribution in [0.25, 0.3) is 0 Å². The van der Waals surface area contributed by atoms with Crippen molar-refractivity contribution in [2.24, 2.45) is 11.5 Å². The molecule has 0 bridgehead atoms. The summed E-state index contributed by atoms with van der Waals surface area (Å²) >= 11 is 0. The predicted molar refractivity (Wildman–Crippen MR) is 68.7 cm³/mol. The van der Waals surface area contributed by atoms with Gasteiger partial charge in [0.25, 0.3) is 0 Å². The van der Waals surface area contributed by atoms with Crippen LogP contribution in [-0.4, -0.2) is 38.6 Å². The van der Waals surface area contributed by atoms with E-state index in [4.69, 9.17) is 20.9 Å². The Balaban J connectivity index is 1.91. The molecule has 1 aromatic rings. The lowest BCUT2D eigenvalue weighted by molar-refractivity contribution is 0.171. The van der Waals surface area contributed by atoms with Crippen molar-refractivity contribution in [2.45, 2.75) is 12.3 Å². The van der Waals surface area contributed by atoms with Gasteiger partial charge in [-0.25, -0.2) is 0 Å². The average Bonchev–Trinajstić information content (AvgIpc) is 2.37. The molecule has 0 amide bonds. The zero-order chi connectivity index (χ0) is 12.5. The molecule has 0 saturated carbocycles. The third-order valence-electron chi connectivity index (χ3n) is 3.15. The number of anilines is 1. The Morgan fingerprint density at radius 1 is 1.11 bits per heavy atom. The van der Waals surface area contributed by atoms with Gasteiger partial charge in [0, 0.05) is 13.1 Å². The summed E-state index contributed by atoms with van der Waals surface area (Å²) in [7, 11) is 0. The van der Waals surface area contributed by atoms with Gasteiger partial charge in [0.15, 0.2) is 11.5 Å². The molecule has 1 saturated heterocycles. The van der Waals surface area contributed by atoms with Crippen LogP contribution in [0.5, 0.6) is 11.5 Å². The molecule has 18 heavy (non-hydrogen) atoms. The molecule has 0 aromatic heterocycles. The second-order valence-corrected chi connectivity index (χ2v) is 4.59. The summed E-state index contributed by atoms with van der Waals surface area (Å²) in [6.45, 7) is 2.58. The molecule has 2 aliphatic heterocycles. The molecule has 98 valence electrons. The van der Waals surface area contributed by atoms with Crippen LogP contribution in [0.15, 0.2) is 18.2 Å². The van der Waals surface area contributed by atoms with Crippen molar-refractivity contribution in [1.82, 2.24) is 5.32 Å². The Morgan fingerprint density at radius 2 is 1.83 bits per heavy atom. The monoisotopic (exact) mass is 250 g/mol. The lowest BCUT2D eigenvalue weighted by Gasteiger charge is -2.38. The van der Waals surface area contributed by atoms with Gasteiger partial charge in [0.2, 0.25) is 0 Å². The second-order valence-electron chi connectivity index (χ2n) is 4.59. The first-order valence-electron chi connectivity index (χ1n) is 6.15. The standard InChI is InChI=1S/C12H18N4O2/c13-10-6-16(7-11(14)15-10)8-2-1-3-9-12(8)18-5-4-17-9/h1-3,10-11,15H,4-7,13-14H2. The van der Waals surface area contributed by atoms with E-state index in [2.05, 4.69) is 10.2 Å². The minimum Gasteiger partial charge on any atom is -0.486 e.